The van der Waals surface area contributed by atoms with E-state index in [1.165, 1.54) is 0 Å². The fourth-order valence-electron chi connectivity index (χ4n) is 0. The van der Waals surface area contributed by atoms with E-state index < -0.39 is 0 Å². The molecule has 0 N–H and O–H groups in total. The van der Waals surface area contributed by atoms with Crippen molar-refractivity contribution >= 4 is 36.2 Å². The Hall–Kier alpha value is 3.81. The van der Waals surface area contributed by atoms with Gasteiger partial charge in [-0.2, -0.15) is 0 Å². The second kappa shape index (κ2) is 15.8. The van der Waals surface area contributed by atoms with E-state index in [0.717, 1.165) is 0 Å². The van der Waals surface area contributed by atoms with Gasteiger partial charge in [-0.1, -0.05) is 0 Å². The molecule has 0 aromatic heterocycles. The Morgan fingerprint density at radius 2 is 0.750 bits per heavy atom. The summed E-state index contributed by atoms with van der Waals surface area (Å²) in [7, 11) is 0. The maximum Gasteiger partial charge on any atom is 0 e. The molecule has 4 heteroatoms. The molecule has 0 aliphatic heterocycles. The van der Waals surface area contributed by atoms with E-state index in [2.05, 4.69) is 0 Å². The molecule has 0 aliphatic rings. The molecule has 0 fully saturated rings. The number of hydrogen-bond acceptors (Lipinski definition) is 0. The van der Waals surface area contributed by atoms with Crippen molar-refractivity contribution in [2.75, 3.05) is 0 Å². The summed E-state index contributed by atoms with van der Waals surface area (Å²) in [5, 5.41) is 0. The zero-order valence-corrected chi connectivity index (χ0v) is 6.06. The van der Waals surface area contributed by atoms with Crippen molar-refractivity contribution in [3.8, 4) is 0 Å². The molecule has 0 nitrogen and oxygen atoms in total. The van der Waals surface area contributed by atoms with Gasteiger partial charge in [0.05, 0.1) is 0 Å². The van der Waals surface area contributed by atoms with Gasteiger partial charge in [0.25, 0.3) is 0 Å². The average molecular weight is 339 g/mol. The van der Waals surface area contributed by atoms with Crippen LogP contribution in [0, 0.1) is 80.8 Å². The van der Waals surface area contributed by atoms with E-state index in [1.54, 1.807) is 0 Å². The first kappa shape index (κ1) is 25.0. The third kappa shape index (κ3) is 9.26. The predicted molar refractivity (Wildman–Crippen MR) is 17.1 cm³/mol. The normalized spacial score (nSPS) is 0. The third-order valence-electron chi connectivity index (χ3n) is 0. The van der Waals surface area contributed by atoms with E-state index in [1.807, 2.05) is 0 Å². The Labute approximate surface area is 114 Å². The van der Waals surface area contributed by atoms with Gasteiger partial charge in [0, 0.05) is 80.8 Å². The summed E-state index contributed by atoms with van der Waals surface area (Å²) in [6.45, 7) is 0. The summed E-state index contributed by atoms with van der Waals surface area (Å²) < 4.78 is 0. The van der Waals surface area contributed by atoms with Crippen LogP contribution in [0.1, 0.15) is 0 Å². The SMILES string of the molecule is [AlH3].[LiH].[Sm].[Sm]. The molecular formula is H4AlLiSm2. The van der Waals surface area contributed by atoms with Gasteiger partial charge >= 0.3 is 18.9 Å². The van der Waals surface area contributed by atoms with Gasteiger partial charge in [-0.05, 0) is 0 Å². The molecular weight excluding hydrogens is 335 g/mol. The molecule has 0 atom stereocenters. The molecule has 0 amide bonds. The minimum Gasteiger partial charge on any atom is 0 e. The Bertz CT molecular complexity index is 6.00. The second-order valence-electron chi connectivity index (χ2n) is 0. The van der Waals surface area contributed by atoms with Crippen molar-refractivity contribution in [2.45, 2.75) is 0 Å². The smallest absolute Gasteiger partial charge is 0 e. The zero-order valence-electron chi connectivity index (χ0n) is 0.816. The van der Waals surface area contributed by atoms with Crippen molar-refractivity contribution in [3.63, 3.8) is 0 Å². The molecule has 0 aromatic rings. The van der Waals surface area contributed by atoms with Gasteiger partial charge in [-0.15, -0.1) is 0 Å². The second-order valence-corrected chi connectivity index (χ2v) is 0. The summed E-state index contributed by atoms with van der Waals surface area (Å²) in [5.74, 6) is 0. The Morgan fingerprint density at radius 3 is 0.750 bits per heavy atom. The number of rotatable bonds is 0. The van der Waals surface area contributed by atoms with Crippen LogP contribution in [0.4, 0.5) is 0 Å². The molecule has 0 heterocycles. The molecule has 0 radical (unpaired) electrons. The van der Waals surface area contributed by atoms with Crippen molar-refractivity contribution in [3.05, 3.63) is 0 Å². The van der Waals surface area contributed by atoms with Crippen molar-refractivity contribution in [2.24, 2.45) is 0 Å². The maximum atomic E-state index is 0. The molecule has 0 unspecified atom stereocenters. The molecule has 0 aromatic carbocycles. The predicted octanol–water partition coefficient (Wildman–Crippen LogP) is -1.83. The number of hydrogen-bond donors (Lipinski definition) is 0. The summed E-state index contributed by atoms with van der Waals surface area (Å²) >= 11 is 0. The van der Waals surface area contributed by atoms with E-state index in [4.69, 9.17) is 0 Å². The van der Waals surface area contributed by atoms with Gasteiger partial charge in [0.2, 0.25) is 0 Å². The van der Waals surface area contributed by atoms with E-state index in [9.17, 15) is 0 Å². The molecule has 0 aliphatic carbocycles. The van der Waals surface area contributed by atoms with Crippen LogP contribution in [0.25, 0.3) is 0 Å². The average Bonchev–Trinajstić information content (AvgIpc) is 0. The first-order chi connectivity index (χ1) is 0. The third-order valence-corrected chi connectivity index (χ3v) is 0. The first-order valence-electron chi connectivity index (χ1n) is 0. The molecule has 20 valence electrons. The molecule has 0 bridgehead atoms. The van der Waals surface area contributed by atoms with Crippen LogP contribution in [0.15, 0.2) is 0 Å². The summed E-state index contributed by atoms with van der Waals surface area (Å²) in [4.78, 5) is 0. The van der Waals surface area contributed by atoms with Gasteiger partial charge in [-0.3, -0.25) is 0 Å². The Kier molecular flexibility index (Phi) is 98.8. The first-order valence-corrected chi connectivity index (χ1v) is 0. The van der Waals surface area contributed by atoms with Gasteiger partial charge in [0.15, 0.2) is 17.4 Å². The maximum absolute atomic E-state index is 0. The Morgan fingerprint density at radius 1 is 0.750 bits per heavy atom. The zero-order chi connectivity index (χ0) is 0. The van der Waals surface area contributed by atoms with E-state index >= 15 is 0 Å². The summed E-state index contributed by atoms with van der Waals surface area (Å²) in [6, 6.07) is 0. The minimum atomic E-state index is 0. The summed E-state index contributed by atoms with van der Waals surface area (Å²) in [6.07, 6.45) is 0. The Balaban J connectivity index is 0. The van der Waals surface area contributed by atoms with Crippen molar-refractivity contribution in [1.82, 2.24) is 0 Å². The minimum absolute atomic E-state index is 0. The molecule has 0 saturated heterocycles. The van der Waals surface area contributed by atoms with Gasteiger partial charge < -0.3 is 0 Å². The van der Waals surface area contributed by atoms with Crippen LogP contribution in [-0.2, 0) is 0 Å². The van der Waals surface area contributed by atoms with Crippen molar-refractivity contribution in [1.29, 1.82) is 0 Å². The molecule has 0 rings (SSSR count). The van der Waals surface area contributed by atoms with Crippen LogP contribution in [0.5, 0.6) is 0 Å². The van der Waals surface area contributed by atoms with Crippen LogP contribution < -0.4 is 0 Å². The topological polar surface area (TPSA) is 0 Å². The largest absolute Gasteiger partial charge is 0 e. The fraction of sp³-hybridized carbons (Fsp3) is 0. The summed E-state index contributed by atoms with van der Waals surface area (Å²) in [5.41, 5.74) is 0. The van der Waals surface area contributed by atoms with Crippen LogP contribution in [-0.4, -0.2) is 36.2 Å². The fourth-order valence-corrected chi connectivity index (χ4v) is 0. The standard InChI is InChI=1S/Al.Li.2Sm.4H. The van der Waals surface area contributed by atoms with E-state index in [-0.39, 0.29) is 117 Å². The molecule has 0 saturated carbocycles. The van der Waals surface area contributed by atoms with Gasteiger partial charge in [-0.25, -0.2) is 0 Å². The van der Waals surface area contributed by atoms with Crippen LogP contribution in [0.2, 0.25) is 0 Å². The monoisotopic (exact) mass is 342 g/mol. The quantitative estimate of drug-likeness (QED) is 0.456. The molecule has 0 spiro atoms. The van der Waals surface area contributed by atoms with Crippen LogP contribution in [0.3, 0.4) is 0 Å². The van der Waals surface area contributed by atoms with E-state index in [0.29, 0.717) is 0 Å². The molecule has 4 heavy (non-hydrogen) atoms. The van der Waals surface area contributed by atoms with Crippen LogP contribution >= 0.6 is 0 Å². The van der Waals surface area contributed by atoms with Gasteiger partial charge in [0.1, 0.15) is 0 Å². The van der Waals surface area contributed by atoms with Crippen molar-refractivity contribution < 1.29 is 80.8 Å².